The van der Waals surface area contributed by atoms with Crippen molar-refractivity contribution >= 4 is 0 Å². The summed E-state index contributed by atoms with van der Waals surface area (Å²) >= 11 is 0. The van der Waals surface area contributed by atoms with Crippen LogP contribution in [0.5, 0.6) is 0 Å². The highest BCUT2D eigenvalue weighted by Gasteiger charge is 2.26. The van der Waals surface area contributed by atoms with E-state index in [0.717, 1.165) is 24.6 Å². The Morgan fingerprint density at radius 2 is 1.80 bits per heavy atom. The summed E-state index contributed by atoms with van der Waals surface area (Å²) in [6, 6.07) is 10.9. The summed E-state index contributed by atoms with van der Waals surface area (Å²) in [4.78, 5) is 0. The number of fused-ring (bicyclic) bond motifs is 1. The van der Waals surface area contributed by atoms with E-state index >= 15 is 0 Å². The maximum absolute atomic E-state index is 4.42. The van der Waals surface area contributed by atoms with Crippen molar-refractivity contribution in [1.82, 2.24) is 14.8 Å². The standard InChI is InChI=1S/C17H23N3/c1-17(2,3)16-19-18-15-10-9-14(11-12-20(15)16)13-7-5-4-6-8-13/h4-8,14H,9-12H2,1-3H3. The molecule has 1 aliphatic heterocycles. The number of hydrogen-bond donors (Lipinski definition) is 0. The summed E-state index contributed by atoms with van der Waals surface area (Å²) in [5.41, 5.74) is 1.53. The first-order valence-corrected chi connectivity index (χ1v) is 7.53. The van der Waals surface area contributed by atoms with Crippen LogP contribution >= 0.6 is 0 Å². The summed E-state index contributed by atoms with van der Waals surface area (Å²) in [5.74, 6) is 2.93. The zero-order chi connectivity index (χ0) is 14.2. The minimum atomic E-state index is 0.0673. The van der Waals surface area contributed by atoms with Crippen LogP contribution in [0.25, 0.3) is 0 Å². The van der Waals surface area contributed by atoms with E-state index in [1.54, 1.807) is 0 Å². The Labute approximate surface area is 121 Å². The third-order valence-electron chi connectivity index (χ3n) is 4.19. The molecule has 0 aliphatic carbocycles. The summed E-state index contributed by atoms with van der Waals surface area (Å²) in [6.07, 6.45) is 3.38. The molecule has 1 atom stereocenters. The van der Waals surface area contributed by atoms with Crippen molar-refractivity contribution in [2.24, 2.45) is 0 Å². The molecular weight excluding hydrogens is 246 g/mol. The van der Waals surface area contributed by atoms with Crippen molar-refractivity contribution in [2.45, 2.75) is 57.9 Å². The zero-order valence-electron chi connectivity index (χ0n) is 12.6. The number of aromatic nitrogens is 3. The van der Waals surface area contributed by atoms with Crippen molar-refractivity contribution in [1.29, 1.82) is 0 Å². The van der Waals surface area contributed by atoms with E-state index in [9.17, 15) is 0 Å². The molecule has 2 aromatic rings. The van der Waals surface area contributed by atoms with Gasteiger partial charge >= 0.3 is 0 Å². The average Bonchev–Trinajstić information content (AvgIpc) is 2.73. The van der Waals surface area contributed by atoms with E-state index < -0.39 is 0 Å². The van der Waals surface area contributed by atoms with Gasteiger partial charge in [0.2, 0.25) is 0 Å². The lowest BCUT2D eigenvalue weighted by Crippen LogP contribution is -2.20. The van der Waals surface area contributed by atoms with Crippen molar-refractivity contribution < 1.29 is 0 Å². The molecule has 0 fully saturated rings. The lowest BCUT2D eigenvalue weighted by atomic mass is 9.92. The Morgan fingerprint density at radius 1 is 1.05 bits per heavy atom. The average molecular weight is 269 g/mol. The maximum atomic E-state index is 4.42. The molecule has 106 valence electrons. The first-order valence-electron chi connectivity index (χ1n) is 7.53. The van der Waals surface area contributed by atoms with Crippen LogP contribution in [-0.4, -0.2) is 14.8 Å². The van der Waals surface area contributed by atoms with E-state index in [0.29, 0.717) is 5.92 Å². The first-order chi connectivity index (χ1) is 9.55. The van der Waals surface area contributed by atoms with Crippen LogP contribution in [0.4, 0.5) is 0 Å². The van der Waals surface area contributed by atoms with Crippen molar-refractivity contribution in [3.05, 3.63) is 47.5 Å². The van der Waals surface area contributed by atoms with E-state index in [-0.39, 0.29) is 5.41 Å². The highest BCUT2D eigenvalue weighted by atomic mass is 15.3. The van der Waals surface area contributed by atoms with Gasteiger partial charge in [-0.25, -0.2) is 0 Å². The fraction of sp³-hybridized carbons (Fsp3) is 0.529. The van der Waals surface area contributed by atoms with Crippen LogP contribution in [0, 0.1) is 0 Å². The summed E-state index contributed by atoms with van der Waals surface area (Å²) < 4.78 is 2.35. The fourth-order valence-corrected chi connectivity index (χ4v) is 3.10. The Balaban J connectivity index is 1.84. The predicted molar refractivity (Wildman–Crippen MR) is 80.8 cm³/mol. The number of rotatable bonds is 1. The van der Waals surface area contributed by atoms with Crippen molar-refractivity contribution in [2.75, 3.05) is 0 Å². The quantitative estimate of drug-likeness (QED) is 0.790. The number of hydrogen-bond acceptors (Lipinski definition) is 2. The molecule has 20 heavy (non-hydrogen) atoms. The van der Waals surface area contributed by atoms with Crippen LogP contribution in [0.15, 0.2) is 30.3 Å². The fourth-order valence-electron chi connectivity index (χ4n) is 3.10. The smallest absolute Gasteiger partial charge is 0.138 e. The van der Waals surface area contributed by atoms with Gasteiger partial charge in [-0.2, -0.15) is 0 Å². The highest BCUT2D eigenvalue weighted by Crippen LogP contribution is 2.31. The van der Waals surface area contributed by atoms with Crippen LogP contribution < -0.4 is 0 Å². The molecule has 1 unspecified atom stereocenters. The molecule has 0 spiro atoms. The first kappa shape index (κ1) is 13.3. The van der Waals surface area contributed by atoms with Gasteiger partial charge in [-0.1, -0.05) is 51.1 Å². The van der Waals surface area contributed by atoms with E-state index in [1.165, 1.54) is 18.4 Å². The molecule has 0 radical (unpaired) electrons. The summed E-state index contributed by atoms with van der Waals surface area (Å²) in [5, 5.41) is 8.85. The molecule has 1 aromatic heterocycles. The Morgan fingerprint density at radius 3 is 2.50 bits per heavy atom. The largest absolute Gasteiger partial charge is 0.315 e. The van der Waals surface area contributed by atoms with Gasteiger partial charge in [0.25, 0.3) is 0 Å². The molecule has 0 N–H and O–H groups in total. The Hall–Kier alpha value is -1.64. The number of benzene rings is 1. The van der Waals surface area contributed by atoms with Gasteiger partial charge in [-0.15, -0.1) is 10.2 Å². The Kier molecular flexibility index (Phi) is 3.36. The molecule has 3 heteroatoms. The zero-order valence-corrected chi connectivity index (χ0v) is 12.6. The highest BCUT2D eigenvalue weighted by molar-refractivity contribution is 5.20. The molecule has 3 rings (SSSR count). The van der Waals surface area contributed by atoms with Crippen molar-refractivity contribution in [3.63, 3.8) is 0 Å². The molecule has 2 heterocycles. The second kappa shape index (κ2) is 5.04. The maximum Gasteiger partial charge on any atom is 0.138 e. The number of aryl methyl sites for hydroxylation is 1. The topological polar surface area (TPSA) is 30.7 Å². The molecule has 0 saturated carbocycles. The molecular formula is C17H23N3. The second-order valence-electron chi connectivity index (χ2n) is 6.78. The minimum absolute atomic E-state index is 0.0673. The predicted octanol–water partition coefficient (Wildman–Crippen LogP) is 3.70. The van der Waals surface area contributed by atoms with Crippen LogP contribution in [0.2, 0.25) is 0 Å². The van der Waals surface area contributed by atoms with Gasteiger partial charge in [0, 0.05) is 18.4 Å². The van der Waals surface area contributed by atoms with Crippen LogP contribution in [-0.2, 0) is 18.4 Å². The third kappa shape index (κ3) is 2.49. The van der Waals surface area contributed by atoms with Gasteiger partial charge in [-0.3, -0.25) is 0 Å². The normalized spacial score (nSPS) is 19.4. The molecule has 1 aliphatic rings. The SMILES string of the molecule is CC(C)(C)c1nnc2n1CCC(c1ccccc1)CC2. The lowest BCUT2D eigenvalue weighted by Gasteiger charge is -2.19. The summed E-state index contributed by atoms with van der Waals surface area (Å²) in [6.45, 7) is 7.67. The molecule has 1 aromatic carbocycles. The van der Waals surface area contributed by atoms with Crippen LogP contribution in [0.1, 0.15) is 56.7 Å². The van der Waals surface area contributed by atoms with E-state index in [1.807, 2.05) is 0 Å². The third-order valence-corrected chi connectivity index (χ3v) is 4.19. The summed E-state index contributed by atoms with van der Waals surface area (Å²) in [7, 11) is 0. The van der Waals surface area contributed by atoms with Gasteiger partial charge in [0.1, 0.15) is 11.6 Å². The number of nitrogens with zero attached hydrogens (tertiary/aromatic N) is 3. The lowest BCUT2D eigenvalue weighted by molar-refractivity contribution is 0.478. The molecule has 3 nitrogen and oxygen atoms in total. The monoisotopic (exact) mass is 269 g/mol. The van der Waals surface area contributed by atoms with Gasteiger partial charge in [0.05, 0.1) is 0 Å². The Bertz CT molecular complexity index is 578. The van der Waals surface area contributed by atoms with E-state index in [4.69, 9.17) is 0 Å². The van der Waals surface area contributed by atoms with Gasteiger partial charge in [0.15, 0.2) is 0 Å². The van der Waals surface area contributed by atoms with E-state index in [2.05, 4.69) is 65.9 Å². The molecule has 0 bridgehead atoms. The van der Waals surface area contributed by atoms with Gasteiger partial charge in [-0.05, 0) is 24.3 Å². The molecule has 0 amide bonds. The van der Waals surface area contributed by atoms with Gasteiger partial charge < -0.3 is 4.57 Å². The second-order valence-corrected chi connectivity index (χ2v) is 6.78. The molecule has 0 saturated heterocycles. The van der Waals surface area contributed by atoms with Crippen molar-refractivity contribution in [3.8, 4) is 0 Å². The minimum Gasteiger partial charge on any atom is -0.315 e. The van der Waals surface area contributed by atoms with Crippen LogP contribution in [0.3, 0.4) is 0 Å².